The number of thiocarbonyl (C=S) groups is 1. The van der Waals surface area contributed by atoms with Gasteiger partial charge in [0.1, 0.15) is 10.8 Å². The van der Waals surface area contributed by atoms with Gasteiger partial charge in [-0.15, -0.1) is 5.10 Å². The molecule has 2 fully saturated rings. The van der Waals surface area contributed by atoms with E-state index in [1.165, 1.54) is 11.5 Å². The molecule has 0 aromatic carbocycles. The first-order chi connectivity index (χ1) is 9.24. The van der Waals surface area contributed by atoms with Crippen molar-refractivity contribution in [2.24, 2.45) is 4.99 Å². The average molecular weight is 297 g/mol. The molecule has 3 rings (SSSR count). The zero-order valence-corrected chi connectivity index (χ0v) is 12.0. The van der Waals surface area contributed by atoms with Crippen LogP contribution in [0.4, 0.5) is 5.00 Å². The fourth-order valence-corrected chi connectivity index (χ4v) is 3.29. The lowest BCUT2D eigenvalue weighted by molar-refractivity contribution is 0.109. The van der Waals surface area contributed by atoms with Crippen LogP contribution in [0.1, 0.15) is 25.7 Å². The van der Waals surface area contributed by atoms with Gasteiger partial charge >= 0.3 is 0 Å². The van der Waals surface area contributed by atoms with E-state index in [1.54, 1.807) is 6.20 Å². The van der Waals surface area contributed by atoms with Crippen molar-refractivity contribution in [1.29, 1.82) is 0 Å². The predicted octanol–water partition coefficient (Wildman–Crippen LogP) is 0.935. The fraction of sp³-hybridized carbons (Fsp3) is 0.636. The van der Waals surface area contributed by atoms with Gasteiger partial charge in [-0.2, -0.15) is 0 Å². The number of hydrogen-bond donors (Lipinski definition) is 2. The van der Waals surface area contributed by atoms with Crippen LogP contribution in [-0.4, -0.2) is 44.3 Å². The molecule has 0 amide bonds. The topological polar surface area (TPSA) is 73.6 Å². The molecule has 1 aliphatic heterocycles. The zero-order valence-electron chi connectivity index (χ0n) is 10.3. The Hall–Kier alpha value is -1.12. The predicted molar refractivity (Wildman–Crippen MR) is 78.7 cm³/mol. The largest absolute Gasteiger partial charge is 0.391 e. The molecule has 0 spiro atoms. The van der Waals surface area contributed by atoms with Crippen LogP contribution in [0.5, 0.6) is 0 Å². The van der Waals surface area contributed by atoms with Crippen molar-refractivity contribution in [2.45, 2.75) is 37.8 Å². The first kappa shape index (κ1) is 12.9. The Balaban J connectivity index is 1.72. The minimum absolute atomic E-state index is 0.00131. The molecule has 1 aromatic rings. The third kappa shape index (κ3) is 2.75. The average Bonchev–Trinajstić information content (AvgIpc) is 3.01. The molecule has 102 valence electrons. The Kier molecular flexibility index (Phi) is 3.72. The van der Waals surface area contributed by atoms with Gasteiger partial charge in [-0.25, -0.2) is 0 Å². The highest BCUT2D eigenvalue weighted by molar-refractivity contribution is 7.80. The van der Waals surface area contributed by atoms with Crippen LogP contribution in [-0.2, 0) is 0 Å². The van der Waals surface area contributed by atoms with Gasteiger partial charge in [0, 0.05) is 11.5 Å². The molecule has 2 heterocycles. The standard InChI is InChI=1S/C11H15N5OS2/c17-8-4-2-1-3-7(8)13-9-6-16(11(18)14-9)10-5-12-15-19-10/h5,7-8,17H,1-4,6H2,(H,13,14,18). The van der Waals surface area contributed by atoms with Gasteiger partial charge in [-0.3, -0.25) is 9.89 Å². The second kappa shape index (κ2) is 5.48. The molecule has 6 nitrogen and oxygen atoms in total. The molecule has 2 atom stereocenters. The van der Waals surface area contributed by atoms with Gasteiger partial charge in [0.05, 0.1) is 24.9 Å². The molecule has 2 N–H and O–H groups in total. The lowest BCUT2D eigenvalue weighted by Crippen LogP contribution is -2.31. The number of hydrogen-bond acceptors (Lipinski definition) is 6. The fourth-order valence-electron chi connectivity index (χ4n) is 2.43. The van der Waals surface area contributed by atoms with E-state index in [2.05, 4.69) is 19.9 Å². The maximum Gasteiger partial charge on any atom is 0.180 e. The first-order valence-corrected chi connectivity index (χ1v) is 7.53. The Morgan fingerprint density at radius 3 is 3.05 bits per heavy atom. The SMILES string of the molecule is OC1CCCCC1N=C1CN(c2cnns2)C(=S)N1. The summed E-state index contributed by atoms with van der Waals surface area (Å²) in [7, 11) is 0. The molecular formula is C11H15N5OS2. The van der Waals surface area contributed by atoms with E-state index in [0.29, 0.717) is 11.7 Å². The summed E-state index contributed by atoms with van der Waals surface area (Å²) in [5.74, 6) is 0.823. The normalized spacial score (nSPS) is 29.8. The van der Waals surface area contributed by atoms with E-state index in [0.717, 1.165) is 36.5 Å². The van der Waals surface area contributed by atoms with Crippen molar-refractivity contribution in [3.63, 3.8) is 0 Å². The third-order valence-corrected chi connectivity index (χ3v) is 4.45. The number of aromatic nitrogens is 2. The molecule has 1 saturated heterocycles. The molecule has 2 aliphatic rings. The third-order valence-electron chi connectivity index (χ3n) is 3.44. The van der Waals surface area contributed by atoms with Gasteiger partial charge in [0.15, 0.2) is 5.11 Å². The van der Waals surface area contributed by atoms with Crippen molar-refractivity contribution in [1.82, 2.24) is 14.9 Å². The van der Waals surface area contributed by atoms with Gasteiger partial charge in [0.25, 0.3) is 0 Å². The van der Waals surface area contributed by atoms with Crippen LogP contribution in [0.15, 0.2) is 11.2 Å². The van der Waals surface area contributed by atoms with Crippen LogP contribution in [0.2, 0.25) is 0 Å². The summed E-state index contributed by atoms with van der Waals surface area (Å²) in [5.41, 5.74) is 0. The van der Waals surface area contributed by atoms with Gasteiger partial charge in [-0.05, 0) is 25.1 Å². The maximum atomic E-state index is 9.95. The highest BCUT2D eigenvalue weighted by atomic mass is 32.1. The maximum absolute atomic E-state index is 9.95. The Morgan fingerprint density at radius 2 is 2.32 bits per heavy atom. The van der Waals surface area contributed by atoms with E-state index in [9.17, 15) is 5.11 Å². The van der Waals surface area contributed by atoms with Crippen molar-refractivity contribution in [2.75, 3.05) is 11.4 Å². The van der Waals surface area contributed by atoms with E-state index in [1.807, 2.05) is 4.90 Å². The molecule has 1 saturated carbocycles. The van der Waals surface area contributed by atoms with E-state index in [4.69, 9.17) is 12.2 Å². The number of aliphatic hydroxyl groups excluding tert-OH is 1. The van der Waals surface area contributed by atoms with Gasteiger partial charge < -0.3 is 10.4 Å². The first-order valence-electron chi connectivity index (χ1n) is 6.34. The molecule has 2 unspecified atom stereocenters. The number of rotatable bonds is 2. The van der Waals surface area contributed by atoms with Crippen LogP contribution < -0.4 is 10.2 Å². The number of aliphatic hydroxyl groups is 1. The number of anilines is 1. The molecule has 0 radical (unpaired) electrons. The molecule has 1 aliphatic carbocycles. The number of nitrogens with one attached hydrogen (secondary N) is 1. The number of amidine groups is 1. The molecule has 1 aromatic heterocycles. The zero-order chi connectivity index (χ0) is 13.2. The summed E-state index contributed by atoms with van der Waals surface area (Å²) < 4.78 is 3.84. The molecule has 0 bridgehead atoms. The second-order valence-electron chi connectivity index (χ2n) is 4.77. The quantitative estimate of drug-likeness (QED) is 0.791. The van der Waals surface area contributed by atoms with Crippen molar-refractivity contribution in [3.05, 3.63) is 6.20 Å². The lowest BCUT2D eigenvalue weighted by atomic mass is 9.93. The van der Waals surface area contributed by atoms with Gasteiger partial charge in [0.2, 0.25) is 0 Å². The highest BCUT2D eigenvalue weighted by Crippen LogP contribution is 2.23. The summed E-state index contributed by atoms with van der Waals surface area (Å²) in [5, 5.41) is 18.4. The minimum atomic E-state index is -0.323. The van der Waals surface area contributed by atoms with Gasteiger partial charge in [-0.1, -0.05) is 17.3 Å². The smallest absolute Gasteiger partial charge is 0.180 e. The monoisotopic (exact) mass is 297 g/mol. The molecule has 8 heteroatoms. The summed E-state index contributed by atoms with van der Waals surface area (Å²) in [6.45, 7) is 0.603. The van der Waals surface area contributed by atoms with Crippen LogP contribution in [0.25, 0.3) is 0 Å². The number of aliphatic imine (C=N–C) groups is 1. The van der Waals surface area contributed by atoms with E-state index >= 15 is 0 Å². The van der Waals surface area contributed by atoms with E-state index < -0.39 is 0 Å². The summed E-state index contributed by atoms with van der Waals surface area (Å²) in [6.07, 6.45) is 5.38. The Labute approximate surface area is 120 Å². The van der Waals surface area contributed by atoms with E-state index in [-0.39, 0.29) is 12.1 Å². The summed E-state index contributed by atoms with van der Waals surface area (Å²) >= 11 is 6.59. The van der Waals surface area contributed by atoms with Crippen LogP contribution in [0.3, 0.4) is 0 Å². The van der Waals surface area contributed by atoms with Crippen molar-refractivity contribution in [3.8, 4) is 0 Å². The van der Waals surface area contributed by atoms with Crippen LogP contribution in [0, 0.1) is 0 Å². The molecule has 19 heavy (non-hydrogen) atoms. The molecular weight excluding hydrogens is 282 g/mol. The minimum Gasteiger partial charge on any atom is -0.391 e. The van der Waals surface area contributed by atoms with Crippen molar-refractivity contribution >= 4 is 39.7 Å². The Bertz CT molecular complexity index is 489. The lowest BCUT2D eigenvalue weighted by Gasteiger charge is -2.24. The summed E-state index contributed by atoms with van der Waals surface area (Å²) in [4.78, 5) is 6.54. The summed E-state index contributed by atoms with van der Waals surface area (Å²) in [6, 6.07) is -0.00131. The van der Waals surface area contributed by atoms with Crippen molar-refractivity contribution < 1.29 is 5.11 Å². The highest BCUT2D eigenvalue weighted by Gasteiger charge is 2.28. The Morgan fingerprint density at radius 1 is 1.47 bits per heavy atom. The number of nitrogens with zero attached hydrogens (tertiary/aromatic N) is 4. The van der Waals surface area contributed by atoms with Crippen LogP contribution >= 0.6 is 23.8 Å². The second-order valence-corrected chi connectivity index (χ2v) is 5.92.